The lowest BCUT2D eigenvalue weighted by Crippen LogP contribution is -2.40. The number of hydrogen-bond donors (Lipinski definition) is 0. The van der Waals surface area contributed by atoms with Gasteiger partial charge in [0.15, 0.2) is 9.84 Å². The van der Waals surface area contributed by atoms with E-state index >= 15 is 0 Å². The molecule has 2 amide bonds. The van der Waals surface area contributed by atoms with E-state index < -0.39 is 9.84 Å². The summed E-state index contributed by atoms with van der Waals surface area (Å²) in [6.45, 7) is 0.192. The summed E-state index contributed by atoms with van der Waals surface area (Å²) in [7, 11) is 0.462. The molecule has 2 fully saturated rings. The van der Waals surface area contributed by atoms with Crippen molar-refractivity contribution < 1.29 is 18.0 Å². The van der Waals surface area contributed by atoms with Crippen molar-refractivity contribution in [2.45, 2.75) is 18.9 Å². The number of amides is 2. The predicted molar refractivity (Wildman–Crippen MR) is 110 cm³/mol. The highest BCUT2D eigenvalue weighted by molar-refractivity contribution is 8.26. The zero-order chi connectivity index (χ0) is 19.8. The maximum Gasteiger partial charge on any atom is 0.266 e. The third kappa shape index (κ3) is 4.44. The summed E-state index contributed by atoms with van der Waals surface area (Å²) in [5.41, 5.74) is 0.897. The van der Waals surface area contributed by atoms with Crippen LogP contribution in [0.25, 0.3) is 6.08 Å². The van der Waals surface area contributed by atoms with Crippen LogP contribution in [0.3, 0.4) is 0 Å². The van der Waals surface area contributed by atoms with Crippen LogP contribution in [-0.4, -0.2) is 70.1 Å². The molecule has 0 saturated carbocycles. The molecule has 1 aromatic heterocycles. The number of thioether (sulfide) groups is 1. The molecular formula is C17H21N3O4S3. The first-order chi connectivity index (χ1) is 12.7. The van der Waals surface area contributed by atoms with Crippen molar-refractivity contribution in [3.8, 4) is 0 Å². The van der Waals surface area contributed by atoms with E-state index in [2.05, 4.69) is 0 Å². The van der Waals surface area contributed by atoms with Crippen molar-refractivity contribution in [1.29, 1.82) is 0 Å². The Balaban J connectivity index is 1.60. The second-order valence-corrected chi connectivity index (χ2v) is 10.6. The van der Waals surface area contributed by atoms with Crippen molar-refractivity contribution in [3.05, 3.63) is 28.9 Å². The molecule has 0 radical (unpaired) electrons. The number of nitrogens with zero attached hydrogens (tertiary/aromatic N) is 3. The Morgan fingerprint density at radius 1 is 1.48 bits per heavy atom. The van der Waals surface area contributed by atoms with E-state index in [4.69, 9.17) is 12.2 Å². The molecule has 10 heteroatoms. The number of sulfone groups is 1. The molecule has 0 bridgehead atoms. The lowest BCUT2D eigenvalue weighted by molar-refractivity contribution is -0.132. The molecule has 7 nitrogen and oxygen atoms in total. The van der Waals surface area contributed by atoms with Gasteiger partial charge in [-0.05, 0) is 24.6 Å². The first-order valence-corrected chi connectivity index (χ1v) is 11.6. The largest absolute Gasteiger partial charge is 0.351 e. The average molecular weight is 428 g/mol. The van der Waals surface area contributed by atoms with Crippen molar-refractivity contribution in [3.63, 3.8) is 0 Å². The lowest BCUT2D eigenvalue weighted by Gasteiger charge is -2.24. The van der Waals surface area contributed by atoms with Gasteiger partial charge in [-0.1, -0.05) is 24.0 Å². The summed E-state index contributed by atoms with van der Waals surface area (Å²) < 4.78 is 25.5. The summed E-state index contributed by atoms with van der Waals surface area (Å²) in [6.07, 6.45) is 4.25. The van der Waals surface area contributed by atoms with Gasteiger partial charge in [0.1, 0.15) is 4.32 Å². The van der Waals surface area contributed by atoms with E-state index in [0.717, 1.165) is 5.69 Å². The second kappa shape index (κ2) is 7.76. The molecule has 2 aliphatic rings. The van der Waals surface area contributed by atoms with Gasteiger partial charge in [0.25, 0.3) is 5.91 Å². The first kappa shape index (κ1) is 20.1. The van der Waals surface area contributed by atoms with Crippen LogP contribution in [0.4, 0.5) is 0 Å². The third-order valence-corrected chi connectivity index (χ3v) is 7.96. The molecule has 0 spiro atoms. The van der Waals surface area contributed by atoms with Crippen LogP contribution in [0.1, 0.15) is 18.5 Å². The van der Waals surface area contributed by atoms with Crippen LogP contribution < -0.4 is 0 Å². The standard InChI is InChI=1S/C17H21N3O4S3/c1-18-7-3-4-12(18)10-14-16(22)20(17(25)26-14)8-5-15(21)19(2)13-6-9-27(23,24)11-13/h3-4,7,10,13H,5-6,8-9,11H2,1-2H3. The number of aryl methyl sites for hydroxylation is 1. The molecule has 0 aliphatic carbocycles. The Kier molecular flexibility index (Phi) is 5.78. The maximum absolute atomic E-state index is 12.6. The fraction of sp³-hybridized carbons (Fsp3) is 0.471. The van der Waals surface area contributed by atoms with E-state index in [1.165, 1.54) is 21.6 Å². The van der Waals surface area contributed by atoms with Crippen molar-refractivity contribution in [2.24, 2.45) is 7.05 Å². The Bertz CT molecular complexity index is 920. The molecule has 2 aliphatic heterocycles. The zero-order valence-electron chi connectivity index (χ0n) is 15.1. The van der Waals surface area contributed by atoms with Crippen LogP contribution in [0.2, 0.25) is 0 Å². The van der Waals surface area contributed by atoms with E-state index in [9.17, 15) is 18.0 Å². The molecule has 27 heavy (non-hydrogen) atoms. The van der Waals surface area contributed by atoms with Crippen molar-refractivity contribution >= 4 is 56.0 Å². The number of hydrogen-bond acceptors (Lipinski definition) is 6. The molecule has 1 atom stereocenters. The van der Waals surface area contributed by atoms with Crippen LogP contribution in [0.5, 0.6) is 0 Å². The monoisotopic (exact) mass is 427 g/mol. The number of thiocarbonyl (C=S) groups is 1. The summed E-state index contributed by atoms with van der Waals surface area (Å²) in [5.74, 6) is -0.258. The fourth-order valence-electron chi connectivity index (χ4n) is 3.12. The summed E-state index contributed by atoms with van der Waals surface area (Å²) >= 11 is 6.52. The Hall–Kier alpha value is -1.65. The van der Waals surface area contributed by atoms with Gasteiger partial charge in [0.2, 0.25) is 5.91 Å². The topological polar surface area (TPSA) is 79.7 Å². The van der Waals surface area contributed by atoms with Gasteiger partial charge in [-0.2, -0.15) is 0 Å². The number of rotatable bonds is 5. The van der Waals surface area contributed by atoms with Gasteiger partial charge >= 0.3 is 0 Å². The quantitative estimate of drug-likeness (QED) is 0.520. The highest BCUT2D eigenvalue weighted by Crippen LogP contribution is 2.32. The fourth-order valence-corrected chi connectivity index (χ4v) is 6.19. The molecule has 146 valence electrons. The smallest absolute Gasteiger partial charge is 0.266 e. The molecule has 3 heterocycles. The minimum absolute atomic E-state index is 0.00962. The number of aromatic nitrogens is 1. The van der Waals surface area contributed by atoms with Crippen LogP contribution in [0.15, 0.2) is 23.2 Å². The average Bonchev–Trinajstić information content (AvgIpc) is 3.25. The summed E-state index contributed by atoms with van der Waals surface area (Å²) in [6, 6.07) is 3.51. The normalized spacial score (nSPS) is 23.4. The first-order valence-electron chi connectivity index (χ1n) is 8.51. The maximum atomic E-state index is 12.6. The predicted octanol–water partition coefficient (Wildman–Crippen LogP) is 1.26. The molecule has 1 aromatic rings. The van der Waals surface area contributed by atoms with Gasteiger partial charge in [-0.25, -0.2) is 8.42 Å². The van der Waals surface area contributed by atoms with Crippen molar-refractivity contribution in [1.82, 2.24) is 14.4 Å². The van der Waals surface area contributed by atoms with Crippen LogP contribution >= 0.6 is 24.0 Å². The van der Waals surface area contributed by atoms with Gasteiger partial charge < -0.3 is 9.47 Å². The van der Waals surface area contributed by atoms with E-state index in [0.29, 0.717) is 15.6 Å². The van der Waals surface area contributed by atoms with E-state index in [1.807, 2.05) is 29.9 Å². The third-order valence-electron chi connectivity index (χ3n) is 4.84. The molecule has 0 aromatic carbocycles. The second-order valence-electron chi connectivity index (χ2n) is 6.69. The Morgan fingerprint density at radius 2 is 2.22 bits per heavy atom. The number of carbonyl (C=O) groups is 2. The molecule has 2 saturated heterocycles. The minimum atomic E-state index is -3.05. The van der Waals surface area contributed by atoms with Gasteiger partial charge in [0.05, 0.1) is 16.4 Å². The number of carbonyl (C=O) groups excluding carboxylic acids is 2. The summed E-state index contributed by atoms with van der Waals surface area (Å²) in [5, 5.41) is 0. The SMILES string of the molecule is CN(C(=O)CCN1C(=O)C(=Cc2cccn2C)SC1=S)C1CCS(=O)(=O)C1. The Morgan fingerprint density at radius 3 is 2.81 bits per heavy atom. The lowest BCUT2D eigenvalue weighted by atomic mass is 10.2. The highest BCUT2D eigenvalue weighted by Gasteiger charge is 2.35. The van der Waals surface area contributed by atoms with E-state index in [1.54, 1.807) is 13.1 Å². The minimum Gasteiger partial charge on any atom is -0.351 e. The zero-order valence-corrected chi connectivity index (χ0v) is 17.6. The molecule has 0 N–H and O–H groups in total. The van der Waals surface area contributed by atoms with Crippen LogP contribution in [-0.2, 0) is 26.5 Å². The van der Waals surface area contributed by atoms with Gasteiger partial charge in [0, 0.05) is 45.0 Å². The molecule has 3 rings (SSSR count). The highest BCUT2D eigenvalue weighted by atomic mass is 32.2. The van der Waals surface area contributed by atoms with E-state index in [-0.39, 0.29) is 42.3 Å². The van der Waals surface area contributed by atoms with Gasteiger partial charge in [-0.15, -0.1) is 0 Å². The summed E-state index contributed by atoms with van der Waals surface area (Å²) in [4.78, 5) is 28.5. The van der Waals surface area contributed by atoms with Gasteiger partial charge in [-0.3, -0.25) is 14.5 Å². The Labute approximate surface area is 168 Å². The molecule has 1 unspecified atom stereocenters. The van der Waals surface area contributed by atoms with Crippen molar-refractivity contribution in [2.75, 3.05) is 25.1 Å². The molecular weight excluding hydrogens is 406 g/mol. The van der Waals surface area contributed by atoms with Crippen LogP contribution in [0, 0.1) is 0 Å².